The van der Waals surface area contributed by atoms with Gasteiger partial charge in [-0.05, 0) is 25.0 Å². The van der Waals surface area contributed by atoms with Crippen LogP contribution in [0.25, 0.3) is 0 Å². The molecule has 1 aromatic rings. The maximum Gasteiger partial charge on any atom is 0.231 e. The fraction of sp³-hybridized carbons (Fsp3) is 0.533. The Balaban J connectivity index is 2.14. The van der Waals surface area contributed by atoms with E-state index in [-0.39, 0.29) is 18.1 Å². The molecule has 1 aromatic carbocycles. The summed E-state index contributed by atoms with van der Waals surface area (Å²) in [5.74, 6) is -2.08. The second kappa shape index (κ2) is 6.31. The first-order chi connectivity index (χ1) is 9.57. The SMILES string of the molecule is NCC1(C(=O)Nc2ccc(F)c(F)c2)CCCCCC1. The van der Waals surface area contributed by atoms with Crippen molar-refractivity contribution in [2.24, 2.45) is 11.1 Å². The molecule has 20 heavy (non-hydrogen) atoms. The van der Waals surface area contributed by atoms with Crippen molar-refractivity contribution in [1.29, 1.82) is 0 Å². The van der Waals surface area contributed by atoms with Gasteiger partial charge < -0.3 is 11.1 Å². The highest BCUT2D eigenvalue weighted by Crippen LogP contribution is 2.35. The first-order valence-electron chi connectivity index (χ1n) is 7.04. The van der Waals surface area contributed by atoms with Gasteiger partial charge in [-0.2, -0.15) is 0 Å². The van der Waals surface area contributed by atoms with Gasteiger partial charge in [0.2, 0.25) is 5.91 Å². The van der Waals surface area contributed by atoms with E-state index in [0.29, 0.717) is 0 Å². The van der Waals surface area contributed by atoms with Crippen LogP contribution in [0.3, 0.4) is 0 Å². The van der Waals surface area contributed by atoms with E-state index < -0.39 is 17.0 Å². The number of carbonyl (C=O) groups excluding carboxylic acids is 1. The van der Waals surface area contributed by atoms with Crippen LogP contribution in [0, 0.1) is 17.0 Å². The summed E-state index contributed by atoms with van der Waals surface area (Å²) in [6, 6.07) is 3.36. The van der Waals surface area contributed by atoms with Gasteiger partial charge in [-0.15, -0.1) is 0 Å². The predicted octanol–water partition coefficient (Wildman–Crippen LogP) is 3.20. The number of halogens is 2. The molecule has 0 heterocycles. The quantitative estimate of drug-likeness (QED) is 0.836. The van der Waals surface area contributed by atoms with E-state index in [0.717, 1.165) is 50.7 Å². The number of hydrogen-bond acceptors (Lipinski definition) is 2. The third-order valence-electron chi connectivity index (χ3n) is 4.11. The van der Waals surface area contributed by atoms with E-state index in [1.807, 2.05) is 0 Å². The van der Waals surface area contributed by atoms with Gasteiger partial charge in [0.25, 0.3) is 0 Å². The fourth-order valence-corrected chi connectivity index (χ4v) is 2.77. The van der Waals surface area contributed by atoms with Crippen molar-refractivity contribution < 1.29 is 13.6 Å². The van der Waals surface area contributed by atoms with Crippen molar-refractivity contribution in [3.8, 4) is 0 Å². The average molecular weight is 282 g/mol. The standard InChI is InChI=1S/C15H20F2N2O/c16-12-6-5-11(9-13(12)17)19-14(20)15(10-18)7-3-1-2-4-8-15/h5-6,9H,1-4,7-8,10,18H2,(H,19,20). The van der Waals surface area contributed by atoms with Crippen LogP contribution in [0.2, 0.25) is 0 Å². The van der Waals surface area contributed by atoms with Crippen molar-refractivity contribution in [3.63, 3.8) is 0 Å². The van der Waals surface area contributed by atoms with E-state index >= 15 is 0 Å². The van der Waals surface area contributed by atoms with Crippen molar-refractivity contribution in [3.05, 3.63) is 29.8 Å². The Labute approximate surface area is 117 Å². The number of hydrogen-bond donors (Lipinski definition) is 2. The number of anilines is 1. The average Bonchev–Trinajstić information content (AvgIpc) is 2.69. The summed E-state index contributed by atoms with van der Waals surface area (Å²) in [5, 5.41) is 2.67. The van der Waals surface area contributed by atoms with E-state index in [9.17, 15) is 13.6 Å². The van der Waals surface area contributed by atoms with Crippen molar-refractivity contribution in [2.45, 2.75) is 38.5 Å². The summed E-state index contributed by atoms with van der Waals surface area (Å²) in [7, 11) is 0. The molecule has 0 atom stereocenters. The van der Waals surface area contributed by atoms with Gasteiger partial charge >= 0.3 is 0 Å². The fourth-order valence-electron chi connectivity index (χ4n) is 2.77. The third-order valence-corrected chi connectivity index (χ3v) is 4.11. The maximum absolute atomic E-state index is 13.2. The topological polar surface area (TPSA) is 55.1 Å². The van der Waals surface area contributed by atoms with Gasteiger partial charge in [0, 0.05) is 18.3 Å². The number of carbonyl (C=O) groups is 1. The minimum absolute atomic E-state index is 0.187. The Morgan fingerprint density at radius 3 is 2.35 bits per heavy atom. The molecule has 3 nitrogen and oxygen atoms in total. The van der Waals surface area contributed by atoms with Crippen molar-refractivity contribution in [1.82, 2.24) is 0 Å². The molecule has 1 aliphatic carbocycles. The molecule has 5 heteroatoms. The number of nitrogens with two attached hydrogens (primary N) is 1. The van der Waals surface area contributed by atoms with E-state index in [1.54, 1.807) is 0 Å². The number of amides is 1. The first kappa shape index (κ1) is 14.9. The van der Waals surface area contributed by atoms with E-state index in [2.05, 4.69) is 5.32 Å². The molecule has 1 aliphatic rings. The van der Waals surface area contributed by atoms with Crippen LogP contribution in [0.5, 0.6) is 0 Å². The zero-order valence-corrected chi connectivity index (χ0v) is 11.4. The lowest BCUT2D eigenvalue weighted by Crippen LogP contribution is -2.42. The number of rotatable bonds is 3. The zero-order valence-electron chi connectivity index (χ0n) is 11.4. The highest BCUT2D eigenvalue weighted by molar-refractivity contribution is 5.95. The zero-order chi connectivity index (χ0) is 14.6. The van der Waals surface area contributed by atoms with Crippen LogP contribution < -0.4 is 11.1 Å². The molecule has 0 bridgehead atoms. The second-order valence-corrected chi connectivity index (χ2v) is 5.48. The molecule has 0 spiro atoms. The summed E-state index contributed by atoms with van der Waals surface area (Å²) in [6.45, 7) is 0.280. The number of nitrogens with one attached hydrogen (secondary N) is 1. The monoisotopic (exact) mass is 282 g/mol. The van der Waals surface area contributed by atoms with Crippen LogP contribution in [-0.4, -0.2) is 12.5 Å². The molecule has 1 saturated carbocycles. The lowest BCUT2D eigenvalue weighted by molar-refractivity contribution is -0.125. The Kier molecular flexibility index (Phi) is 4.70. The lowest BCUT2D eigenvalue weighted by Gasteiger charge is -2.29. The minimum Gasteiger partial charge on any atom is -0.329 e. The molecule has 1 amide bonds. The predicted molar refractivity (Wildman–Crippen MR) is 74.2 cm³/mol. The minimum atomic E-state index is -0.967. The molecule has 2 rings (SSSR count). The van der Waals surface area contributed by atoms with Gasteiger partial charge in [0.15, 0.2) is 11.6 Å². The molecule has 1 fully saturated rings. The van der Waals surface area contributed by atoms with Crippen LogP contribution in [0.15, 0.2) is 18.2 Å². The number of benzene rings is 1. The van der Waals surface area contributed by atoms with Crippen LogP contribution >= 0.6 is 0 Å². The van der Waals surface area contributed by atoms with E-state index in [1.165, 1.54) is 6.07 Å². The van der Waals surface area contributed by atoms with Crippen LogP contribution in [0.4, 0.5) is 14.5 Å². The summed E-state index contributed by atoms with van der Waals surface area (Å²) in [4.78, 5) is 12.5. The third kappa shape index (κ3) is 3.15. The lowest BCUT2D eigenvalue weighted by atomic mass is 9.79. The summed E-state index contributed by atoms with van der Waals surface area (Å²) >= 11 is 0. The second-order valence-electron chi connectivity index (χ2n) is 5.48. The van der Waals surface area contributed by atoms with Gasteiger partial charge in [0.1, 0.15) is 0 Å². The highest BCUT2D eigenvalue weighted by atomic mass is 19.2. The molecule has 0 saturated heterocycles. The Hall–Kier alpha value is -1.49. The molecule has 110 valence electrons. The molecule has 0 aromatic heterocycles. The summed E-state index contributed by atoms with van der Waals surface area (Å²) < 4.78 is 26.0. The highest BCUT2D eigenvalue weighted by Gasteiger charge is 2.37. The van der Waals surface area contributed by atoms with Crippen molar-refractivity contribution in [2.75, 3.05) is 11.9 Å². The largest absolute Gasteiger partial charge is 0.329 e. The van der Waals surface area contributed by atoms with Gasteiger partial charge in [-0.3, -0.25) is 4.79 Å². The Morgan fingerprint density at radius 2 is 1.80 bits per heavy atom. The van der Waals surface area contributed by atoms with E-state index in [4.69, 9.17) is 5.73 Å². The maximum atomic E-state index is 13.2. The molecule has 3 N–H and O–H groups in total. The summed E-state index contributed by atoms with van der Waals surface area (Å²) in [5.41, 5.74) is 5.51. The molecular weight excluding hydrogens is 262 g/mol. The van der Waals surface area contributed by atoms with Gasteiger partial charge in [0.05, 0.1) is 5.41 Å². The Bertz CT molecular complexity index is 483. The van der Waals surface area contributed by atoms with Crippen LogP contribution in [0.1, 0.15) is 38.5 Å². The molecule has 0 unspecified atom stereocenters. The molecular formula is C15H20F2N2O. The summed E-state index contributed by atoms with van der Waals surface area (Å²) in [6.07, 6.45) is 5.67. The van der Waals surface area contributed by atoms with Gasteiger partial charge in [-0.25, -0.2) is 8.78 Å². The van der Waals surface area contributed by atoms with Crippen molar-refractivity contribution >= 4 is 11.6 Å². The smallest absolute Gasteiger partial charge is 0.231 e. The molecule has 0 aliphatic heterocycles. The first-order valence-corrected chi connectivity index (χ1v) is 7.04. The van der Waals surface area contributed by atoms with Gasteiger partial charge in [-0.1, -0.05) is 25.7 Å². The Morgan fingerprint density at radius 1 is 1.15 bits per heavy atom. The van der Waals surface area contributed by atoms with Crippen LogP contribution in [-0.2, 0) is 4.79 Å². The molecule has 0 radical (unpaired) electrons. The normalized spacial score (nSPS) is 18.4.